The molecule has 0 saturated heterocycles. The van der Waals surface area contributed by atoms with Gasteiger partial charge in [-0.25, -0.2) is 0 Å². The summed E-state index contributed by atoms with van der Waals surface area (Å²) in [6, 6.07) is 0.286. The summed E-state index contributed by atoms with van der Waals surface area (Å²) < 4.78 is 7.54. The molecule has 5 heteroatoms. The van der Waals surface area contributed by atoms with Crippen LogP contribution in [0.25, 0.3) is 0 Å². The van der Waals surface area contributed by atoms with E-state index in [0.717, 1.165) is 48.8 Å². The maximum Gasteiger partial charge on any atom is 0.0850 e. The molecule has 1 N–H and O–H groups in total. The van der Waals surface area contributed by atoms with Crippen LogP contribution in [0.4, 0.5) is 0 Å². The second-order valence-corrected chi connectivity index (χ2v) is 5.10. The maximum absolute atomic E-state index is 6.38. The van der Waals surface area contributed by atoms with E-state index < -0.39 is 0 Å². The van der Waals surface area contributed by atoms with Crippen molar-refractivity contribution in [3.05, 3.63) is 16.4 Å². The number of ether oxygens (including phenoxy) is 1. The van der Waals surface area contributed by atoms with Gasteiger partial charge in [0, 0.05) is 26.1 Å². The van der Waals surface area contributed by atoms with E-state index >= 15 is 0 Å². The maximum atomic E-state index is 6.38. The highest BCUT2D eigenvalue weighted by atomic mass is 35.5. The van der Waals surface area contributed by atoms with Crippen LogP contribution in [0.3, 0.4) is 0 Å². The van der Waals surface area contributed by atoms with Gasteiger partial charge in [-0.2, -0.15) is 5.10 Å². The first-order valence-electron chi connectivity index (χ1n) is 7.15. The first-order chi connectivity index (χ1) is 9.13. The van der Waals surface area contributed by atoms with Gasteiger partial charge in [0.2, 0.25) is 0 Å². The molecule has 1 rings (SSSR count). The average Bonchev–Trinajstić information content (AvgIpc) is 2.66. The summed E-state index contributed by atoms with van der Waals surface area (Å²) in [6.07, 6.45) is 2.76. The first-order valence-corrected chi connectivity index (χ1v) is 7.53. The van der Waals surface area contributed by atoms with Gasteiger partial charge in [0.25, 0.3) is 0 Å². The van der Waals surface area contributed by atoms with Gasteiger partial charge in [-0.3, -0.25) is 4.68 Å². The number of nitrogens with one attached hydrogen (secondary N) is 1. The summed E-state index contributed by atoms with van der Waals surface area (Å²) in [4.78, 5) is 0. The predicted molar refractivity (Wildman–Crippen MR) is 79.9 cm³/mol. The quantitative estimate of drug-likeness (QED) is 0.710. The second kappa shape index (κ2) is 8.56. The molecule has 0 fully saturated rings. The fraction of sp³-hybridized carbons (Fsp3) is 0.786. The molecule has 0 aliphatic carbocycles. The molecule has 0 aromatic carbocycles. The van der Waals surface area contributed by atoms with Gasteiger partial charge in [-0.1, -0.05) is 32.4 Å². The molecule has 0 aliphatic heterocycles. The zero-order chi connectivity index (χ0) is 14.3. The Morgan fingerprint density at radius 3 is 2.63 bits per heavy atom. The van der Waals surface area contributed by atoms with Crippen LogP contribution in [0, 0.1) is 0 Å². The van der Waals surface area contributed by atoms with E-state index in [0.29, 0.717) is 6.61 Å². The fourth-order valence-corrected chi connectivity index (χ4v) is 2.49. The van der Waals surface area contributed by atoms with E-state index in [4.69, 9.17) is 16.3 Å². The topological polar surface area (TPSA) is 39.1 Å². The Bertz CT molecular complexity index is 379. The number of hydrogen-bond acceptors (Lipinski definition) is 3. The van der Waals surface area contributed by atoms with Crippen molar-refractivity contribution in [2.24, 2.45) is 7.05 Å². The lowest BCUT2D eigenvalue weighted by Gasteiger charge is -2.18. The van der Waals surface area contributed by atoms with Crippen LogP contribution in [-0.2, 0) is 24.6 Å². The number of hydrogen-bond donors (Lipinski definition) is 1. The summed E-state index contributed by atoms with van der Waals surface area (Å²) in [7, 11) is 1.95. The zero-order valence-electron chi connectivity index (χ0n) is 12.5. The Labute approximate surface area is 121 Å². The zero-order valence-corrected chi connectivity index (χ0v) is 13.3. The smallest absolute Gasteiger partial charge is 0.0850 e. The third-order valence-electron chi connectivity index (χ3n) is 3.10. The molecule has 1 aromatic rings. The van der Waals surface area contributed by atoms with Crippen LogP contribution >= 0.6 is 11.6 Å². The summed E-state index contributed by atoms with van der Waals surface area (Å²) in [6.45, 7) is 8.75. The number of rotatable bonds is 9. The van der Waals surface area contributed by atoms with Crippen molar-refractivity contribution in [2.75, 3.05) is 19.8 Å². The SMILES string of the molecule is CCCOCC(Cc1c(Cl)c(CC)nn1C)NCC. The molecule has 0 aliphatic rings. The van der Waals surface area contributed by atoms with Gasteiger partial charge in [0.1, 0.15) is 0 Å². The molecule has 110 valence electrons. The number of nitrogens with zero attached hydrogens (tertiary/aromatic N) is 2. The second-order valence-electron chi connectivity index (χ2n) is 4.72. The lowest BCUT2D eigenvalue weighted by molar-refractivity contribution is 0.111. The third kappa shape index (κ3) is 4.79. The monoisotopic (exact) mass is 287 g/mol. The largest absolute Gasteiger partial charge is 0.380 e. The van der Waals surface area contributed by atoms with Crippen LogP contribution in [-0.4, -0.2) is 35.6 Å². The number of aryl methyl sites for hydroxylation is 2. The summed E-state index contributed by atoms with van der Waals surface area (Å²) in [5, 5.41) is 8.71. The van der Waals surface area contributed by atoms with Crippen LogP contribution in [0.2, 0.25) is 5.02 Å². The molecule has 1 atom stereocenters. The summed E-state index contributed by atoms with van der Waals surface area (Å²) in [5.41, 5.74) is 2.06. The molecule has 0 spiro atoms. The molecule has 19 heavy (non-hydrogen) atoms. The summed E-state index contributed by atoms with van der Waals surface area (Å²) >= 11 is 6.38. The fourth-order valence-electron chi connectivity index (χ4n) is 2.12. The van der Waals surface area contributed by atoms with Crippen molar-refractivity contribution in [1.82, 2.24) is 15.1 Å². The van der Waals surface area contributed by atoms with Gasteiger partial charge in [0.05, 0.1) is 23.0 Å². The Morgan fingerprint density at radius 2 is 2.11 bits per heavy atom. The molecule has 0 saturated carbocycles. The van der Waals surface area contributed by atoms with E-state index in [1.54, 1.807) is 0 Å². The highest BCUT2D eigenvalue weighted by Gasteiger charge is 2.17. The summed E-state index contributed by atoms with van der Waals surface area (Å²) in [5.74, 6) is 0. The van der Waals surface area contributed by atoms with Crippen molar-refractivity contribution in [3.8, 4) is 0 Å². The molecule has 0 radical (unpaired) electrons. The van der Waals surface area contributed by atoms with Crippen LogP contribution < -0.4 is 5.32 Å². The molecular formula is C14H26ClN3O. The van der Waals surface area contributed by atoms with E-state index in [-0.39, 0.29) is 6.04 Å². The molecule has 1 heterocycles. The molecule has 0 bridgehead atoms. The molecular weight excluding hydrogens is 262 g/mol. The number of likely N-dealkylation sites (N-methyl/N-ethyl adjacent to an activating group) is 1. The lowest BCUT2D eigenvalue weighted by Crippen LogP contribution is -2.36. The van der Waals surface area contributed by atoms with Crippen molar-refractivity contribution < 1.29 is 4.74 Å². The van der Waals surface area contributed by atoms with Gasteiger partial charge < -0.3 is 10.1 Å². The van der Waals surface area contributed by atoms with Gasteiger partial charge >= 0.3 is 0 Å². The van der Waals surface area contributed by atoms with Gasteiger partial charge in [0.15, 0.2) is 0 Å². The Hall–Kier alpha value is -0.580. The normalized spacial score (nSPS) is 12.9. The highest BCUT2D eigenvalue weighted by molar-refractivity contribution is 6.31. The van der Waals surface area contributed by atoms with E-state index in [1.165, 1.54) is 0 Å². The van der Waals surface area contributed by atoms with E-state index in [9.17, 15) is 0 Å². The first kappa shape index (κ1) is 16.5. The minimum Gasteiger partial charge on any atom is -0.380 e. The Morgan fingerprint density at radius 1 is 1.37 bits per heavy atom. The third-order valence-corrected chi connectivity index (χ3v) is 3.54. The van der Waals surface area contributed by atoms with Crippen molar-refractivity contribution in [3.63, 3.8) is 0 Å². The van der Waals surface area contributed by atoms with Crippen molar-refractivity contribution in [2.45, 2.75) is 46.1 Å². The minimum absolute atomic E-state index is 0.286. The lowest BCUT2D eigenvalue weighted by atomic mass is 10.1. The van der Waals surface area contributed by atoms with Crippen molar-refractivity contribution >= 4 is 11.6 Å². The van der Waals surface area contributed by atoms with Crippen LogP contribution in [0.15, 0.2) is 0 Å². The van der Waals surface area contributed by atoms with E-state index in [1.807, 2.05) is 11.7 Å². The molecule has 1 unspecified atom stereocenters. The van der Waals surface area contributed by atoms with Gasteiger partial charge in [-0.15, -0.1) is 0 Å². The van der Waals surface area contributed by atoms with Crippen LogP contribution in [0.1, 0.15) is 38.6 Å². The molecule has 1 aromatic heterocycles. The van der Waals surface area contributed by atoms with E-state index in [2.05, 4.69) is 31.2 Å². The standard InChI is InChI=1S/C14H26ClN3O/c1-5-8-19-10-11(16-7-3)9-13-14(15)12(6-2)17-18(13)4/h11,16H,5-10H2,1-4H3. The van der Waals surface area contributed by atoms with Crippen molar-refractivity contribution in [1.29, 1.82) is 0 Å². The predicted octanol–water partition coefficient (Wildman–Crippen LogP) is 2.58. The molecule has 0 amide bonds. The number of aromatic nitrogens is 2. The Balaban J connectivity index is 2.69. The minimum atomic E-state index is 0.286. The highest BCUT2D eigenvalue weighted by Crippen LogP contribution is 2.22. The average molecular weight is 288 g/mol. The van der Waals surface area contributed by atoms with Crippen LogP contribution in [0.5, 0.6) is 0 Å². The Kier molecular flexibility index (Phi) is 7.42. The van der Waals surface area contributed by atoms with Gasteiger partial charge in [-0.05, 0) is 19.4 Å². The molecule has 4 nitrogen and oxygen atoms in total. The number of halogens is 1.